The molecule has 0 aliphatic rings. The summed E-state index contributed by atoms with van der Waals surface area (Å²) < 4.78 is 5.80. The topological polar surface area (TPSA) is 26.3 Å². The molecule has 2 nitrogen and oxygen atoms in total. The third-order valence-corrected chi connectivity index (χ3v) is 4.46. The molecule has 0 fully saturated rings. The van der Waals surface area contributed by atoms with Crippen molar-refractivity contribution < 1.29 is 9.53 Å². The molecule has 126 valence electrons. The summed E-state index contributed by atoms with van der Waals surface area (Å²) in [6.07, 6.45) is 1.56. The average molecular weight is 330 g/mol. The summed E-state index contributed by atoms with van der Waals surface area (Å²) in [6.45, 7) is 2.09. The van der Waals surface area contributed by atoms with Crippen molar-refractivity contribution in [2.45, 2.75) is 25.2 Å². The van der Waals surface area contributed by atoms with Crippen LogP contribution in [0.1, 0.15) is 30.9 Å². The first-order chi connectivity index (χ1) is 12.3. The summed E-state index contributed by atoms with van der Waals surface area (Å²) in [7, 11) is 0. The quantitative estimate of drug-likeness (QED) is 0.448. The summed E-state index contributed by atoms with van der Waals surface area (Å²) in [6, 6.07) is 29.1. The van der Waals surface area contributed by atoms with Crippen molar-refractivity contribution in [3.05, 3.63) is 102 Å². The lowest BCUT2D eigenvalue weighted by Gasteiger charge is -2.32. The van der Waals surface area contributed by atoms with Gasteiger partial charge in [-0.05, 0) is 29.7 Å². The Morgan fingerprint density at radius 3 is 1.64 bits per heavy atom. The lowest BCUT2D eigenvalue weighted by molar-refractivity contribution is -0.139. The Kier molecular flexibility index (Phi) is 5.30. The monoisotopic (exact) mass is 330 g/mol. The van der Waals surface area contributed by atoms with Crippen molar-refractivity contribution in [3.63, 3.8) is 0 Å². The van der Waals surface area contributed by atoms with Crippen LogP contribution in [0, 0.1) is 0 Å². The highest BCUT2D eigenvalue weighted by molar-refractivity contribution is 5.89. The molecule has 0 heterocycles. The van der Waals surface area contributed by atoms with E-state index in [1.807, 2.05) is 91.0 Å². The van der Waals surface area contributed by atoms with Crippen LogP contribution in [0.3, 0.4) is 0 Å². The third kappa shape index (κ3) is 3.48. The van der Waals surface area contributed by atoms with Gasteiger partial charge in [-0.3, -0.25) is 4.79 Å². The molecule has 0 unspecified atom stereocenters. The van der Waals surface area contributed by atoms with Crippen molar-refractivity contribution in [1.82, 2.24) is 0 Å². The Morgan fingerprint density at radius 1 is 0.760 bits per heavy atom. The maximum Gasteiger partial charge on any atom is 0.326 e. The van der Waals surface area contributed by atoms with Gasteiger partial charge in [0.1, 0.15) is 11.2 Å². The Bertz CT molecular complexity index is 756. The van der Waals surface area contributed by atoms with E-state index >= 15 is 0 Å². The summed E-state index contributed by atoms with van der Waals surface area (Å²) in [4.78, 5) is 13.4. The van der Waals surface area contributed by atoms with Gasteiger partial charge in [0.05, 0.1) is 0 Å². The number of hydrogen-bond donors (Lipinski definition) is 0. The Labute approximate surface area is 149 Å². The number of carbonyl (C=O) groups is 1. The predicted molar refractivity (Wildman–Crippen MR) is 101 cm³/mol. The average Bonchev–Trinajstić information content (AvgIpc) is 2.68. The van der Waals surface area contributed by atoms with Gasteiger partial charge >= 0.3 is 5.97 Å². The predicted octanol–water partition coefficient (Wildman–Crippen LogP) is 5.38. The van der Waals surface area contributed by atoms with E-state index in [-0.39, 0.29) is 5.97 Å². The Balaban J connectivity index is 2.12. The number of para-hydroxylation sites is 1. The van der Waals surface area contributed by atoms with Gasteiger partial charge in [-0.25, -0.2) is 0 Å². The fourth-order valence-electron chi connectivity index (χ4n) is 3.30. The van der Waals surface area contributed by atoms with E-state index in [2.05, 4.69) is 6.92 Å². The lowest BCUT2D eigenvalue weighted by Crippen LogP contribution is -2.40. The standard InChI is InChI=1S/C23H22O2/c1-2-18-23(19-12-6-3-7-13-19,20-14-8-4-9-15-20)22(24)25-21-16-10-5-11-17-21/h3-17H,2,18H2,1H3. The molecular formula is C23H22O2. The molecular weight excluding hydrogens is 308 g/mol. The number of benzene rings is 3. The molecule has 0 radical (unpaired) electrons. The minimum absolute atomic E-state index is 0.238. The van der Waals surface area contributed by atoms with Gasteiger partial charge in [0.25, 0.3) is 0 Å². The van der Waals surface area contributed by atoms with E-state index in [1.54, 1.807) is 0 Å². The fourth-order valence-corrected chi connectivity index (χ4v) is 3.30. The first-order valence-corrected chi connectivity index (χ1v) is 8.66. The first-order valence-electron chi connectivity index (χ1n) is 8.66. The van der Waals surface area contributed by atoms with Crippen molar-refractivity contribution in [2.75, 3.05) is 0 Å². The van der Waals surface area contributed by atoms with Crippen molar-refractivity contribution in [1.29, 1.82) is 0 Å². The second-order valence-corrected chi connectivity index (χ2v) is 6.09. The van der Waals surface area contributed by atoms with Gasteiger partial charge in [-0.15, -0.1) is 0 Å². The highest BCUT2D eigenvalue weighted by atomic mass is 16.5. The van der Waals surface area contributed by atoms with Crippen LogP contribution in [0.25, 0.3) is 0 Å². The van der Waals surface area contributed by atoms with Crippen molar-refractivity contribution >= 4 is 5.97 Å². The normalized spacial score (nSPS) is 11.1. The fraction of sp³-hybridized carbons (Fsp3) is 0.174. The molecule has 25 heavy (non-hydrogen) atoms. The number of hydrogen-bond acceptors (Lipinski definition) is 2. The SMILES string of the molecule is CCCC(C(=O)Oc1ccccc1)(c1ccccc1)c1ccccc1. The van der Waals surface area contributed by atoms with E-state index in [0.717, 1.165) is 17.5 Å². The third-order valence-electron chi connectivity index (χ3n) is 4.46. The largest absolute Gasteiger partial charge is 0.426 e. The highest BCUT2D eigenvalue weighted by Crippen LogP contribution is 2.38. The molecule has 3 aromatic rings. The zero-order valence-corrected chi connectivity index (χ0v) is 14.4. The lowest BCUT2D eigenvalue weighted by atomic mass is 9.71. The van der Waals surface area contributed by atoms with Crippen molar-refractivity contribution in [3.8, 4) is 5.75 Å². The van der Waals surface area contributed by atoms with E-state index in [9.17, 15) is 4.79 Å². The molecule has 3 aromatic carbocycles. The molecule has 3 rings (SSSR count). The zero-order valence-electron chi connectivity index (χ0n) is 14.4. The van der Waals surface area contributed by atoms with Gasteiger partial charge in [0.15, 0.2) is 0 Å². The number of carbonyl (C=O) groups excluding carboxylic acids is 1. The van der Waals surface area contributed by atoms with E-state index in [0.29, 0.717) is 12.2 Å². The number of ether oxygens (including phenoxy) is 1. The molecule has 0 aromatic heterocycles. The second-order valence-electron chi connectivity index (χ2n) is 6.09. The van der Waals surface area contributed by atoms with Gasteiger partial charge in [0, 0.05) is 0 Å². The van der Waals surface area contributed by atoms with E-state index in [1.165, 1.54) is 0 Å². The van der Waals surface area contributed by atoms with Crippen molar-refractivity contribution in [2.24, 2.45) is 0 Å². The molecule has 0 saturated heterocycles. The Morgan fingerprint density at radius 2 is 1.20 bits per heavy atom. The van der Waals surface area contributed by atoms with Crippen LogP contribution < -0.4 is 4.74 Å². The van der Waals surface area contributed by atoms with Crippen LogP contribution in [0.15, 0.2) is 91.0 Å². The second kappa shape index (κ2) is 7.80. The maximum atomic E-state index is 13.4. The van der Waals surface area contributed by atoms with Gasteiger partial charge in [0.2, 0.25) is 0 Å². The molecule has 0 bridgehead atoms. The van der Waals surface area contributed by atoms with E-state index in [4.69, 9.17) is 4.74 Å². The van der Waals surface area contributed by atoms with Crippen LogP contribution in [0.2, 0.25) is 0 Å². The molecule has 2 heteroatoms. The Hall–Kier alpha value is -2.87. The van der Waals surface area contributed by atoms with Gasteiger partial charge in [-0.1, -0.05) is 92.2 Å². The van der Waals surface area contributed by atoms with Gasteiger partial charge in [-0.2, -0.15) is 0 Å². The summed E-state index contributed by atoms with van der Waals surface area (Å²) in [5.74, 6) is 0.331. The molecule has 0 aliphatic heterocycles. The zero-order chi connectivity index (χ0) is 17.5. The highest BCUT2D eigenvalue weighted by Gasteiger charge is 2.43. The smallest absolute Gasteiger partial charge is 0.326 e. The summed E-state index contributed by atoms with van der Waals surface area (Å²) >= 11 is 0. The van der Waals surface area contributed by atoms with Gasteiger partial charge < -0.3 is 4.74 Å². The van der Waals surface area contributed by atoms with Crippen LogP contribution in [0.4, 0.5) is 0 Å². The minimum atomic E-state index is -0.812. The van der Waals surface area contributed by atoms with Crippen LogP contribution >= 0.6 is 0 Å². The molecule has 0 saturated carbocycles. The molecule has 0 amide bonds. The molecule has 0 spiro atoms. The molecule has 0 N–H and O–H groups in total. The number of rotatable bonds is 6. The molecule has 0 aliphatic carbocycles. The van der Waals surface area contributed by atoms with Crippen LogP contribution in [0.5, 0.6) is 5.75 Å². The summed E-state index contributed by atoms with van der Waals surface area (Å²) in [5.41, 5.74) is 1.11. The van der Waals surface area contributed by atoms with Crippen LogP contribution in [-0.2, 0) is 10.2 Å². The summed E-state index contributed by atoms with van der Waals surface area (Å²) in [5, 5.41) is 0. The first kappa shape index (κ1) is 17.0. The number of esters is 1. The minimum Gasteiger partial charge on any atom is -0.426 e. The van der Waals surface area contributed by atoms with Crippen LogP contribution in [-0.4, -0.2) is 5.97 Å². The molecule has 0 atom stereocenters. The van der Waals surface area contributed by atoms with E-state index < -0.39 is 5.41 Å². The maximum absolute atomic E-state index is 13.4.